The van der Waals surface area contributed by atoms with Crippen molar-refractivity contribution in [2.75, 3.05) is 14.2 Å². The zero-order valence-electron chi connectivity index (χ0n) is 10.0. The molecule has 1 aliphatic rings. The number of nitrogens with one attached hydrogen (secondary N) is 2. The summed E-state index contributed by atoms with van der Waals surface area (Å²) in [5.41, 5.74) is 1.00. The molecular formula is C12H13N3O3. The number of likely N-dealkylation sites (N-methyl/N-ethyl adjacent to an activating group) is 1. The molecule has 1 amide bonds. The lowest BCUT2D eigenvalue weighted by Gasteiger charge is -2.09. The fourth-order valence-corrected chi connectivity index (χ4v) is 1.65. The number of hydrogen-bond acceptors (Lipinski definition) is 4. The maximum absolute atomic E-state index is 11.6. The molecule has 0 atom stereocenters. The number of rotatable bonds is 2. The predicted octanol–water partition coefficient (Wildman–Crippen LogP) is 0.738. The van der Waals surface area contributed by atoms with Gasteiger partial charge in [0.05, 0.1) is 7.11 Å². The van der Waals surface area contributed by atoms with Crippen LogP contribution < -0.4 is 10.1 Å². The Morgan fingerprint density at radius 3 is 2.72 bits per heavy atom. The van der Waals surface area contributed by atoms with Gasteiger partial charge in [0.2, 0.25) is 5.96 Å². The Balaban J connectivity index is 2.36. The van der Waals surface area contributed by atoms with Gasteiger partial charge in [-0.3, -0.25) is 15.5 Å². The molecule has 6 nitrogen and oxygen atoms in total. The number of ether oxygens (including phenoxy) is 1. The van der Waals surface area contributed by atoms with Crippen LogP contribution in [0.4, 0.5) is 0 Å². The van der Waals surface area contributed by atoms with Crippen LogP contribution in [0.2, 0.25) is 0 Å². The fraction of sp³-hybridized carbons (Fsp3) is 0.167. The van der Waals surface area contributed by atoms with E-state index in [2.05, 4.69) is 5.32 Å². The van der Waals surface area contributed by atoms with Crippen LogP contribution >= 0.6 is 0 Å². The summed E-state index contributed by atoms with van der Waals surface area (Å²) < 4.78 is 4.93. The number of aromatic hydroxyl groups is 1. The van der Waals surface area contributed by atoms with E-state index in [1.165, 1.54) is 18.1 Å². The van der Waals surface area contributed by atoms with Crippen molar-refractivity contribution in [3.63, 3.8) is 0 Å². The molecule has 1 fully saturated rings. The van der Waals surface area contributed by atoms with E-state index >= 15 is 0 Å². The average Bonchev–Trinajstić information content (AvgIpc) is 2.56. The van der Waals surface area contributed by atoms with E-state index in [0.717, 1.165) is 0 Å². The quantitative estimate of drug-likeness (QED) is 0.673. The number of phenols is 1. The van der Waals surface area contributed by atoms with E-state index in [-0.39, 0.29) is 17.6 Å². The SMILES string of the molecule is COc1ccc(C=C2C(=O)NC(=N)N2C)cc1O. The molecule has 6 heteroatoms. The Morgan fingerprint density at radius 2 is 2.22 bits per heavy atom. The number of hydrogen-bond donors (Lipinski definition) is 3. The first kappa shape index (κ1) is 12.0. The zero-order valence-corrected chi connectivity index (χ0v) is 10.0. The molecule has 94 valence electrons. The molecule has 1 heterocycles. The van der Waals surface area contributed by atoms with Gasteiger partial charge in [-0.25, -0.2) is 0 Å². The second-order valence-electron chi connectivity index (χ2n) is 3.82. The minimum absolute atomic E-state index is 0.00276. The van der Waals surface area contributed by atoms with Crippen LogP contribution in [0.3, 0.4) is 0 Å². The molecule has 0 radical (unpaired) electrons. The number of methoxy groups -OCH3 is 1. The van der Waals surface area contributed by atoms with Crippen molar-refractivity contribution in [3.05, 3.63) is 29.5 Å². The topological polar surface area (TPSA) is 85.7 Å². The van der Waals surface area contributed by atoms with Crippen LogP contribution in [0, 0.1) is 5.41 Å². The van der Waals surface area contributed by atoms with Crippen LogP contribution in [0.1, 0.15) is 5.56 Å². The van der Waals surface area contributed by atoms with E-state index < -0.39 is 0 Å². The normalized spacial score (nSPS) is 17.2. The molecule has 0 saturated carbocycles. The number of nitrogens with zero attached hydrogens (tertiary/aromatic N) is 1. The Morgan fingerprint density at radius 1 is 1.50 bits per heavy atom. The maximum atomic E-state index is 11.6. The molecule has 18 heavy (non-hydrogen) atoms. The summed E-state index contributed by atoms with van der Waals surface area (Å²) in [5.74, 6) is 0.0684. The number of carbonyl (C=O) groups excluding carboxylic acids is 1. The highest BCUT2D eigenvalue weighted by Gasteiger charge is 2.26. The van der Waals surface area contributed by atoms with Crippen molar-refractivity contribution in [1.82, 2.24) is 10.2 Å². The fourth-order valence-electron chi connectivity index (χ4n) is 1.65. The molecular weight excluding hydrogens is 234 g/mol. The highest BCUT2D eigenvalue weighted by Crippen LogP contribution is 2.27. The first-order valence-corrected chi connectivity index (χ1v) is 5.25. The van der Waals surface area contributed by atoms with Gasteiger partial charge in [-0.05, 0) is 23.8 Å². The zero-order chi connectivity index (χ0) is 13.3. The first-order valence-electron chi connectivity index (χ1n) is 5.25. The van der Waals surface area contributed by atoms with Crippen LogP contribution in [0.25, 0.3) is 6.08 Å². The van der Waals surface area contributed by atoms with E-state index in [0.29, 0.717) is 17.0 Å². The average molecular weight is 247 g/mol. The predicted molar refractivity (Wildman–Crippen MR) is 66.3 cm³/mol. The molecule has 0 spiro atoms. The number of benzene rings is 1. The Bertz CT molecular complexity index is 551. The molecule has 1 aromatic carbocycles. The highest BCUT2D eigenvalue weighted by molar-refractivity contribution is 6.14. The van der Waals surface area contributed by atoms with Gasteiger partial charge in [-0.15, -0.1) is 0 Å². The smallest absolute Gasteiger partial charge is 0.274 e. The Kier molecular flexibility index (Phi) is 2.93. The molecule has 0 aromatic heterocycles. The van der Waals surface area contributed by atoms with E-state index in [1.807, 2.05) is 0 Å². The lowest BCUT2D eigenvalue weighted by Crippen LogP contribution is -2.25. The van der Waals surface area contributed by atoms with E-state index in [9.17, 15) is 9.90 Å². The summed E-state index contributed by atoms with van der Waals surface area (Å²) in [6, 6.07) is 4.82. The second-order valence-corrected chi connectivity index (χ2v) is 3.82. The van der Waals surface area contributed by atoms with Gasteiger partial charge in [0.1, 0.15) is 5.70 Å². The maximum Gasteiger partial charge on any atom is 0.274 e. The first-order chi connectivity index (χ1) is 8.52. The third kappa shape index (κ3) is 2.00. The van der Waals surface area contributed by atoms with Crippen molar-refractivity contribution in [3.8, 4) is 11.5 Å². The summed E-state index contributed by atoms with van der Waals surface area (Å²) >= 11 is 0. The largest absolute Gasteiger partial charge is 0.504 e. The lowest BCUT2D eigenvalue weighted by atomic mass is 10.1. The van der Waals surface area contributed by atoms with Crippen LogP contribution in [0.5, 0.6) is 11.5 Å². The summed E-state index contributed by atoms with van der Waals surface area (Å²) in [7, 11) is 3.09. The second kappa shape index (κ2) is 4.40. The summed E-state index contributed by atoms with van der Waals surface area (Å²) in [6.45, 7) is 0. The number of phenolic OH excluding ortho intramolecular Hbond substituents is 1. The van der Waals surface area contributed by atoms with E-state index in [1.54, 1.807) is 25.3 Å². The van der Waals surface area contributed by atoms with Gasteiger partial charge in [0.15, 0.2) is 11.5 Å². The van der Waals surface area contributed by atoms with E-state index in [4.69, 9.17) is 10.1 Å². The van der Waals surface area contributed by atoms with Gasteiger partial charge in [0.25, 0.3) is 5.91 Å². The molecule has 1 saturated heterocycles. The standard InChI is InChI=1S/C12H13N3O3/c1-15-8(11(17)14-12(15)13)5-7-3-4-10(18-2)9(16)6-7/h3-6,16H,1-2H3,(H2,13,14,17). The summed E-state index contributed by atoms with van der Waals surface area (Å²) in [5, 5.41) is 19.5. The van der Waals surface area contributed by atoms with Gasteiger partial charge < -0.3 is 14.7 Å². The summed E-state index contributed by atoms with van der Waals surface area (Å²) in [4.78, 5) is 13.0. The van der Waals surface area contributed by atoms with Gasteiger partial charge in [-0.2, -0.15) is 0 Å². The van der Waals surface area contributed by atoms with Gasteiger partial charge >= 0.3 is 0 Å². The number of amides is 1. The summed E-state index contributed by atoms with van der Waals surface area (Å²) in [6.07, 6.45) is 1.59. The van der Waals surface area contributed by atoms with Crippen LogP contribution in [-0.4, -0.2) is 36.0 Å². The number of carbonyl (C=O) groups is 1. The molecule has 0 aliphatic carbocycles. The van der Waals surface area contributed by atoms with Gasteiger partial charge in [0, 0.05) is 7.05 Å². The molecule has 1 aliphatic heterocycles. The molecule has 0 unspecified atom stereocenters. The van der Waals surface area contributed by atoms with Crippen LogP contribution in [0.15, 0.2) is 23.9 Å². The lowest BCUT2D eigenvalue weighted by molar-refractivity contribution is -0.115. The third-order valence-corrected chi connectivity index (χ3v) is 2.67. The molecule has 2 rings (SSSR count). The minimum Gasteiger partial charge on any atom is -0.504 e. The van der Waals surface area contributed by atoms with Crippen LogP contribution in [-0.2, 0) is 4.79 Å². The Labute approximate surface area is 104 Å². The third-order valence-electron chi connectivity index (χ3n) is 2.67. The molecule has 0 bridgehead atoms. The molecule has 1 aromatic rings. The molecule has 3 N–H and O–H groups in total. The highest BCUT2D eigenvalue weighted by atomic mass is 16.5. The number of guanidine groups is 1. The van der Waals surface area contributed by atoms with Crippen molar-refractivity contribution in [2.24, 2.45) is 0 Å². The van der Waals surface area contributed by atoms with Crippen molar-refractivity contribution in [1.29, 1.82) is 5.41 Å². The van der Waals surface area contributed by atoms with Gasteiger partial charge in [-0.1, -0.05) is 6.07 Å². The monoisotopic (exact) mass is 247 g/mol. The Hall–Kier alpha value is -2.50. The van der Waals surface area contributed by atoms with Crippen molar-refractivity contribution < 1.29 is 14.6 Å². The van der Waals surface area contributed by atoms with Crippen molar-refractivity contribution >= 4 is 17.9 Å². The van der Waals surface area contributed by atoms with Crippen molar-refractivity contribution in [2.45, 2.75) is 0 Å². The minimum atomic E-state index is -0.335.